The van der Waals surface area contributed by atoms with Gasteiger partial charge in [-0.1, -0.05) is 11.1 Å². The van der Waals surface area contributed by atoms with Gasteiger partial charge in [0.2, 0.25) is 5.91 Å². The van der Waals surface area contributed by atoms with Crippen LogP contribution in [0.5, 0.6) is 5.75 Å². The van der Waals surface area contributed by atoms with E-state index >= 15 is 0 Å². The van der Waals surface area contributed by atoms with Crippen LogP contribution < -0.4 is 15.2 Å². The van der Waals surface area contributed by atoms with Gasteiger partial charge in [-0.25, -0.2) is 0 Å². The predicted octanol–water partition coefficient (Wildman–Crippen LogP) is 1.90. The third-order valence-corrected chi connectivity index (χ3v) is 5.65. The zero-order valence-electron chi connectivity index (χ0n) is 15.4. The Morgan fingerprint density at radius 3 is 2.33 bits per heavy atom. The lowest BCUT2D eigenvalue weighted by Crippen LogP contribution is -2.44. The molecular weight excluding hydrogens is 352 g/mol. The lowest BCUT2D eigenvalue weighted by atomic mass is 9.78. The third kappa shape index (κ3) is 3.15. The van der Waals surface area contributed by atoms with Gasteiger partial charge in [-0.05, 0) is 44.6 Å². The zero-order valence-corrected chi connectivity index (χ0v) is 15.4. The van der Waals surface area contributed by atoms with Crippen molar-refractivity contribution in [1.29, 1.82) is 0 Å². The fourth-order valence-electron chi connectivity index (χ4n) is 4.71. The lowest BCUT2D eigenvalue weighted by Gasteiger charge is -2.30. The summed E-state index contributed by atoms with van der Waals surface area (Å²) in [6, 6.07) is 3.88. The number of rotatable bonds is 5. The van der Waals surface area contributed by atoms with Gasteiger partial charge in [0.05, 0.1) is 23.6 Å². The SMILES string of the molecule is COc1ccc([N+](=O)[O-])cc1NC(=O)[C@H]1[C@@H](C(=O)[O-])[C@H]2CC[C@H]1C2=C(C)C. The van der Waals surface area contributed by atoms with Crippen molar-refractivity contribution in [2.45, 2.75) is 26.7 Å². The van der Waals surface area contributed by atoms with Crippen molar-refractivity contribution in [3.8, 4) is 5.75 Å². The molecule has 0 aliphatic heterocycles. The zero-order chi connectivity index (χ0) is 19.9. The van der Waals surface area contributed by atoms with E-state index in [0.717, 1.165) is 24.0 Å². The minimum atomic E-state index is -1.23. The van der Waals surface area contributed by atoms with Gasteiger partial charge in [-0.2, -0.15) is 0 Å². The summed E-state index contributed by atoms with van der Waals surface area (Å²) in [6.45, 7) is 3.85. The van der Waals surface area contributed by atoms with E-state index in [1.54, 1.807) is 0 Å². The summed E-state index contributed by atoms with van der Waals surface area (Å²) in [7, 11) is 1.39. The molecule has 2 bridgehead atoms. The van der Waals surface area contributed by atoms with E-state index in [4.69, 9.17) is 4.74 Å². The van der Waals surface area contributed by atoms with Crippen LogP contribution in [-0.2, 0) is 9.59 Å². The number of anilines is 1. The van der Waals surface area contributed by atoms with Crippen LogP contribution in [0.25, 0.3) is 0 Å². The summed E-state index contributed by atoms with van der Waals surface area (Å²) >= 11 is 0. The summed E-state index contributed by atoms with van der Waals surface area (Å²) in [4.78, 5) is 35.2. The molecule has 3 rings (SSSR count). The molecule has 27 heavy (non-hydrogen) atoms. The number of ether oxygens (including phenoxy) is 1. The molecule has 1 amide bonds. The average molecular weight is 373 g/mol. The Morgan fingerprint density at radius 2 is 1.81 bits per heavy atom. The van der Waals surface area contributed by atoms with Gasteiger partial charge < -0.3 is 20.0 Å². The van der Waals surface area contributed by atoms with Crippen molar-refractivity contribution < 1.29 is 24.4 Å². The van der Waals surface area contributed by atoms with Crippen LogP contribution in [0, 0.1) is 33.8 Å². The molecule has 0 aromatic heterocycles. The highest BCUT2D eigenvalue weighted by Crippen LogP contribution is 2.57. The number of nitro benzene ring substituents is 1. The topological polar surface area (TPSA) is 122 Å². The standard InChI is InChI=1S/C19H22N2O6/c1-9(2)15-11-5-6-12(15)17(19(23)24)16(11)18(22)20-13-8-10(21(25)26)4-7-14(13)27-3/h4,7-8,11-12,16-17H,5-6H2,1-3H3,(H,20,22)(H,23,24)/p-1/t11-,12-,16+,17-/m0/s1. The lowest BCUT2D eigenvalue weighted by molar-refractivity contribution is -0.384. The normalized spacial score (nSPS) is 26.0. The van der Waals surface area contributed by atoms with Crippen LogP contribution in [0.2, 0.25) is 0 Å². The molecule has 1 N–H and O–H groups in total. The number of carbonyl (C=O) groups is 2. The van der Waals surface area contributed by atoms with Gasteiger partial charge in [-0.15, -0.1) is 0 Å². The van der Waals surface area contributed by atoms with Crippen LogP contribution in [0.15, 0.2) is 29.3 Å². The number of nitrogens with one attached hydrogen (secondary N) is 1. The molecule has 0 spiro atoms. The quantitative estimate of drug-likeness (QED) is 0.478. The number of allylic oxidation sites excluding steroid dienone is 2. The van der Waals surface area contributed by atoms with Crippen LogP contribution in [0.3, 0.4) is 0 Å². The Bertz CT molecular complexity index is 843. The molecule has 8 nitrogen and oxygen atoms in total. The van der Waals surface area contributed by atoms with Crippen LogP contribution in [0.4, 0.5) is 11.4 Å². The Balaban J connectivity index is 1.94. The molecule has 0 radical (unpaired) electrons. The Morgan fingerprint density at radius 1 is 1.19 bits per heavy atom. The fraction of sp³-hybridized carbons (Fsp3) is 0.474. The molecule has 4 atom stereocenters. The molecule has 0 unspecified atom stereocenters. The number of carboxylic acids is 1. The molecular formula is C19H21N2O6-. The van der Waals surface area contributed by atoms with Crippen molar-refractivity contribution >= 4 is 23.3 Å². The van der Waals surface area contributed by atoms with E-state index in [-0.39, 0.29) is 29.0 Å². The van der Waals surface area contributed by atoms with Crippen LogP contribution >= 0.6 is 0 Å². The summed E-state index contributed by atoms with van der Waals surface area (Å²) in [6.07, 6.45) is 1.48. The molecule has 2 aliphatic carbocycles. The highest BCUT2D eigenvalue weighted by molar-refractivity contribution is 5.97. The summed E-state index contributed by atoms with van der Waals surface area (Å²) in [5, 5.41) is 25.4. The first-order chi connectivity index (χ1) is 12.8. The minimum absolute atomic E-state index is 0.146. The molecule has 1 aromatic carbocycles. The monoisotopic (exact) mass is 373 g/mol. The molecule has 0 saturated heterocycles. The number of hydrogen-bond donors (Lipinski definition) is 1. The molecule has 144 valence electrons. The van der Waals surface area contributed by atoms with Gasteiger partial charge in [0.15, 0.2) is 0 Å². The highest BCUT2D eigenvalue weighted by Gasteiger charge is 2.54. The summed E-state index contributed by atoms with van der Waals surface area (Å²) < 4.78 is 5.16. The number of methoxy groups -OCH3 is 1. The number of nitrogens with zero attached hydrogens (tertiary/aromatic N) is 1. The van der Waals surface area contributed by atoms with Gasteiger partial charge in [-0.3, -0.25) is 14.9 Å². The Kier molecular flexibility index (Phi) is 4.91. The first-order valence-electron chi connectivity index (χ1n) is 8.77. The maximum atomic E-state index is 13.0. The molecule has 2 aliphatic rings. The summed E-state index contributed by atoms with van der Waals surface area (Å²) in [5.41, 5.74) is 2.03. The van der Waals surface area contributed by atoms with Crippen molar-refractivity contribution in [1.82, 2.24) is 0 Å². The predicted molar refractivity (Wildman–Crippen MR) is 94.9 cm³/mol. The first-order valence-corrected chi connectivity index (χ1v) is 8.77. The summed E-state index contributed by atoms with van der Waals surface area (Å²) in [5.74, 6) is -3.42. The molecule has 2 saturated carbocycles. The Hall–Kier alpha value is -2.90. The van der Waals surface area contributed by atoms with Gasteiger partial charge in [0.1, 0.15) is 5.75 Å². The Labute approximate surface area is 156 Å². The van der Waals surface area contributed by atoms with Crippen molar-refractivity contribution in [3.63, 3.8) is 0 Å². The van der Waals surface area contributed by atoms with E-state index in [2.05, 4.69) is 5.32 Å². The number of aliphatic carboxylic acids is 1. The maximum absolute atomic E-state index is 13.0. The average Bonchev–Trinajstić information content (AvgIpc) is 3.17. The second-order valence-electron chi connectivity index (χ2n) is 7.25. The van der Waals surface area contributed by atoms with E-state index in [9.17, 15) is 24.8 Å². The third-order valence-electron chi connectivity index (χ3n) is 5.65. The first kappa shape index (κ1) is 18.9. The maximum Gasteiger partial charge on any atom is 0.271 e. The number of nitro groups is 1. The molecule has 0 heterocycles. The molecule has 2 fully saturated rings. The highest BCUT2D eigenvalue weighted by atomic mass is 16.6. The smallest absolute Gasteiger partial charge is 0.271 e. The number of benzene rings is 1. The van der Waals surface area contributed by atoms with E-state index in [1.165, 1.54) is 25.3 Å². The van der Waals surface area contributed by atoms with Gasteiger partial charge >= 0.3 is 0 Å². The van der Waals surface area contributed by atoms with Gasteiger partial charge in [0.25, 0.3) is 5.69 Å². The second-order valence-corrected chi connectivity index (χ2v) is 7.25. The van der Waals surface area contributed by atoms with Crippen molar-refractivity contribution in [3.05, 3.63) is 39.5 Å². The van der Waals surface area contributed by atoms with Gasteiger partial charge in [0, 0.05) is 24.0 Å². The van der Waals surface area contributed by atoms with E-state index < -0.39 is 28.6 Å². The largest absolute Gasteiger partial charge is 0.550 e. The minimum Gasteiger partial charge on any atom is -0.550 e. The number of carbonyl (C=O) groups excluding carboxylic acids is 2. The fourth-order valence-corrected chi connectivity index (χ4v) is 4.71. The van der Waals surface area contributed by atoms with Crippen molar-refractivity contribution in [2.75, 3.05) is 12.4 Å². The number of non-ortho nitro benzene ring substituents is 1. The van der Waals surface area contributed by atoms with Crippen molar-refractivity contribution in [2.24, 2.45) is 23.7 Å². The number of amides is 1. The molecule has 8 heteroatoms. The van der Waals surface area contributed by atoms with E-state index in [1.807, 2.05) is 13.8 Å². The van der Waals surface area contributed by atoms with E-state index in [0.29, 0.717) is 0 Å². The second kappa shape index (κ2) is 7.02. The number of carboxylic acid groups (broad SMARTS) is 1. The number of fused-ring (bicyclic) bond motifs is 2. The van der Waals surface area contributed by atoms with Crippen LogP contribution in [-0.4, -0.2) is 23.9 Å². The molecule has 1 aromatic rings. The number of hydrogen-bond acceptors (Lipinski definition) is 6. The van der Waals surface area contributed by atoms with Crippen LogP contribution in [0.1, 0.15) is 26.7 Å².